The summed E-state index contributed by atoms with van der Waals surface area (Å²) in [5, 5.41) is 17.9. The van der Waals surface area contributed by atoms with Crippen LogP contribution >= 0.6 is 11.8 Å². The van der Waals surface area contributed by atoms with Gasteiger partial charge >= 0.3 is 5.97 Å². The second kappa shape index (κ2) is 5.04. The van der Waals surface area contributed by atoms with E-state index in [9.17, 15) is 4.79 Å². The van der Waals surface area contributed by atoms with Crippen molar-refractivity contribution in [3.05, 3.63) is 11.4 Å². The number of hydrogen-bond acceptors (Lipinski definition) is 5. The van der Waals surface area contributed by atoms with Crippen LogP contribution in [0.1, 0.15) is 11.4 Å². The molecule has 102 valence electrons. The number of thioether (sulfide) groups is 1. The quantitative estimate of drug-likeness (QED) is 0.842. The van der Waals surface area contributed by atoms with Crippen molar-refractivity contribution in [3.8, 4) is 11.4 Å². The van der Waals surface area contributed by atoms with Gasteiger partial charge in [-0.1, -0.05) is 11.8 Å². The average Bonchev–Trinajstić information content (AvgIpc) is 2.78. The molecule has 1 N–H and O–H groups in total. The normalized spacial score (nSPS) is 10.9. The fourth-order valence-corrected chi connectivity index (χ4v) is 2.46. The lowest BCUT2D eigenvalue weighted by Crippen LogP contribution is -2.00. The van der Waals surface area contributed by atoms with Crippen molar-refractivity contribution in [1.82, 2.24) is 24.5 Å². The highest BCUT2D eigenvalue weighted by Crippen LogP contribution is 2.25. The number of rotatable bonds is 4. The van der Waals surface area contributed by atoms with Gasteiger partial charge in [-0.05, 0) is 13.8 Å². The van der Waals surface area contributed by atoms with Gasteiger partial charge in [0.25, 0.3) is 0 Å². The molecule has 0 fully saturated rings. The van der Waals surface area contributed by atoms with E-state index >= 15 is 0 Å². The molecule has 0 aliphatic rings. The van der Waals surface area contributed by atoms with E-state index in [2.05, 4.69) is 15.2 Å². The van der Waals surface area contributed by atoms with Gasteiger partial charge in [-0.15, -0.1) is 0 Å². The molecule has 0 aliphatic heterocycles. The molecule has 0 spiro atoms. The zero-order chi connectivity index (χ0) is 14.2. The van der Waals surface area contributed by atoms with E-state index in [-0.39, 0.29) is 5.75 Å². The number of carboxylic acid groups (broad SMARTS) is 1. The summed E-state index contributed by atoms with van der Waals surface area (Å²) >= 11 is 1.15. The van der Waals surface area contributed by atoms with Crippen LogP contribution in [-0.4, -0.2) is 41.4 Å². The second-order valence-electron chi connectivity index (χ2n) is 4.19. The summed E-state index contributed by atoms with van der Waals surface area (Å²) in [7, 11) is 3.62. The third-order valence-electron chi connectivity index (χ3n) is 2.78. The summed E-state index contributed by atoms with van der Waals surface area (Å²) in [4.78, 5) is 15.0. The van der Waals surface area contributed by atoms with E-state index in [0.29, 0.717) is 11.0 Å². The Labute approximate surface area is 114 Å². The predicted molar refractivity (Wildman–Crippen MR) is 71.0 cm³/mol. The van der Waals surface area contributed by atoms with Crippen LogP contribution in [0.2, 0.25) is 0 Å². The van der Waals surface area contributed by atoms with Gasteiger partial charge in [0.15, 0.2) is 11.0 Å². The number of carboxylic acids is 1. The third-order valence-corrected chi connectivity index (χ3v) is 3.79. The topological polar surface area (TPSA) is 85.8 Å². The van der Waals surface area contributed by atoms with Crippen molar-refractivity contribution in [2.75, 3.05) is 5.75 Å². The van der Waals surface area contributed by atoms with Gasteiger partial charge in [0.1, 0.15) is 0 Å². The molecule has 0 unspecified atom stereocenters. The number of aliphatic carboxylic acids is 1. The van der Waals surface area contributed by atoms with Crippen molar-refractivity contribution >= 4 is 17.7 Å². The van der Waals surface area contributed by atoms with E-state index < -0.39 is 5.97 Å². The van der Waals surface area contributed by atoms with Crippen molar-refractivity contribution in [1.29, 1.82) is 0 Å². The van der Waals surface area contributed by atoms with E-state index in [1.165, 1.54) is 0 Å². The van der Waals surface area contributed by atoms with Crippen LogP contribution in [0.3, 0.4) is 0 Å². The molecule has 0 radical (unpaired) electrons. The lowest BCUT2D eigenvalue weighted by Gasteiger charge is -1.95. The Morgan fingerprint density at radius 1 is 1.26 bits per heavy atom. The van der Waals surface area contributed by atoms with Gasteiger partial charge in [-0.25, -0.2) is 9.67 Å². The van der Waals surface area contributed by atoms with Crippen LogP contribution in [-0.2, 0) is 18.9 Å². The van der Waals surface area contributed by atoms with Gasteiger partial charge < -0.3 is 5.11 Å². The summed E-state index contributed by atoms with van der Waals surface area (Å²) in [6.45, 7) is 3.86. The van der Waals surface area contributed by atoms with Crippen LogP contribution < -0.4 is 0 Å². The first-order valence-corrected chi connectivity index (χ1v) is 6.65. The number of hydrogen-bond donors (Lipinski definition) is 1. The standard InChI is InChI=1S/C11H15N5O2S/c1-6-9(7(2)15(3)13-6)10-12-11(16(4)14-10)19-5-8(17)18/h5H2,1-4H3,(H,17,18). The fourth-order valence-electron chi connectivity index (χ4n) is 1.83. The minimum atomic E-state index is -0.872. The van der Waals surface area contributed by atoms with E-state index in [1.807, 2.05) is 20.9 Å². The summed E-state index contributed by atoms with van der Waals surface area (Å²) < 4.78 is 3.37. The largest absolute Gasteiger partial charge is 0.481 e. The maximum Gasteiger partial charge on any atom is 0.313 e. The number of nitrogens with zero attached hydrogens (tertiary/aromatic N) is 5. The van der Waals surface area contributed by atoms with Crippen LogP contribution in [0.5, 0.6) is 0 Å². The molecular weight excluding hydrogens is 266 g/mol. The Hall–Kier alpha value is -1.83. The predicted octanol–water partition coefficient (Wildman–Crippen LogP) is 1.01. The molecule has 2 aromatic heterocycles. The summed E-state index contributed by atoms with van der Waals surface area (Å²) in [5.74, 6) is -0.321. The molecule has 7 nitrogen and oxygen atoms in total. The highest BCUT2D eigenvalue weighted by Gasteiger charge is 2.18. The van der Waals surface area contributed by atoms with E-state index in [1.54, 1.807) is 16.4 Å². The summed E-state index contributed by atoms with van der Waals surface area (Å²) in [6, 6.07) is 0. The van der Waals surface area contributed by atoms with Gasteiger partial charge in [0.05, 0.1) is 17.0 Å². The molecule has 0 aliphatic carbocycles. The third kappa shape index (κ3) is 2.62. The van der Waals surface area contributed by atoms with Gasteiger partial charge in [-0.2, -0.15) is 10.2 Å². The van der Waals surface area contributed by atoms with Gasteiger partial charge in [-0.3, -0.25) is 9.48 Å². The molecule has 0 atom stereocenters. The monoisotopic (exact) mass is 281 g/mol. The van der Waals surface area contributed by atoms with Crippen LogP contribution in [0.15, 0.2) is 5.16 Å². The maximum absolute atomic E-state index is 10.6. The molecule has 0 saturated heterocycles. The van der Waals surface area contributed by atoms with Crippen molar-refractivity contribution in [2.45, 2.75) is 19.0 Å². The second-order valence-corrected chi connectivity index (χ2v) is 5.14. The Morgan fingerprint density at radius 3 is 2.47 bits per heavy atom. The number of aromatic nitrogens is 5. The molecule has 8 heteroatoms. The Morgan fingerprint density at radius 2 is 1.95 bits per heavy atom. The molecule has 2 rings (SSSR count). The minimum Gasteiger partial charge on any atom is -0.481 e. The lowest BCUT2D eigenvalue weighted by molar-refractivity contribution is -0.133. The molecule has 0 saturated carbocycles. The number of aryl methyl sites for hydroxylation is 3. The number of carbonyl (C=O) groups is 1. The molecule has 0 aromatic carbocycles. The first-order chi connectivity index (χ1) is 8.90. The summed E-state index contributed by atoms with van der Waals surface area (Å²) in [6.07, 6.45) is 0. The Balaban J connectivity index is 2.36. The van der Waals surface area contributed by atoms with Crippen LogP contribution in [0.4, 0.5) is 0 Å². The zero-order valence-electron chi connectivity index (χ0n) is 11.2. The van der Waals surface area contributed by atoms with Crippen molar-refractivity contribution in [2.24, 2.45) is 14.1 Å². The maximum atomic E-state index is 10.6. The van der Waals surface area contributed by atoms with Gasteiger partial charge in [0.2, 0.25) is 0 Å². The Kier molecular flexibility index (Phi) is 3.61. The van der Waals surface area contributed by atoms with Gasteiger partial charge in [0, 0.05) is 19.8 Å². The highest BCUT2D eigenvalue weighted by atomic mass is 32.2. The summed E-state index contributed by atoms with van der Waals surface area (Å²) in [5.41, 5.74) is 2.75. The van der Waals surface area contributed by atoms with E-state index in [0.717, 1.165) is 28.7 Å². The minimum absolute atomic E-state index is 0.0308. The van der Waals surface area contributed by atoms with Crippen molar-refractivity contribution < 1.29 is 9.90 Å². The smallest absolute Gasteiger partial charge is 0.313 e. The van der Waals surface area contributed by atoms with Crippen molar-refractivity contribution in [3.63, 3.8) is 0 Å². The van der Waals surface area contributed by atoms with E-state index in [4.69, 9.17) is 5.11 Å². The first-order valence-electron chi connectivity index (χ1n) is 5.66. The molecule has 2 heterocycles. The molecule has 0 amide bonds. The first kappa shape index (κ1) is 13.6. The average molecular weight is 281 g/mol. The molecule has 19 heavy (non-hydrogen) atoms. The highest BCUT2D eigenvalue weighted by molar-refractivity contribution is 7.99. The molecule has 0 bridgehead atoms. The molecule has 2 aromatic rings. The SMILES string of the molecule is Cc1nn(C)c(C)c1-c1nc(SCC(=O)O)n(C)n1. The van der Waals surface area contributed by atoms with Crippen LogP contribution in [0.25, 0.3) is 11.4 Å². The van der Waals surface area contributed by atoms with Crippen LogP contribution in [0, 0.1) is 13.8 Å². The zero-order valence-corrected chi connectivity index (χ0v) is 12.0. The fraction of sp³-hybridized carbons (Fsp3) is 0.455. The molecular formula is C11H15N5O2S. The lowest BCUT2D eigenvalue weighted by atomic mass is 10.2. The Bertz CT molecular complexity index is 631.